The Morgan fingerprint density at radius 1 is 1.00 bits per heavy atom. The van der Waals surface area contributed by atoms with E-state index in [4.69, 9.17) is 0 Å². The molecule has 4 aromatic heterocycles. The summed E-state index contributed by atoms with van der Waals surface area (Å²) in [6.07, 6.45) is 6.68. The molecule has 2 N–H and O–H groups in total. The van der Waals surface area contributed by atoms with Crippen LogP contribution in [0.15, 0.2) is 96.3 Å². The number of benzene rings is 1. The van der Waals surface area contributed by atoms with Gasteiger partial charge in [0, 0.05) is 36.2 Å². The molecule has 0 aliphatic carbocycles. The van der Waals surface area contributed by atoms with E-state index >= 15 is 0 Å². The summed E-state index contributed by atoms with van der Waals surface area (Å²) in [5.41, 5.74) is 4.05. The molecule has 9 heteroatoms. The van der Waals surface area contributed by atoms with Crippen LogP contribution in [0.25, 0.3) is 10.9 Å². The number of pyridine rings is 4. The van der Waals surface area contributed by atoms with Crippen molar-refractivity contribution in [3.63, 3.8) is 0 Å². The standard InChI is InChI=1S/C32H29N7O2/c1-38(2)21-23-9-12-26(13-10-23)36-30-14-11-25-18-27(35-20-29(25)37-30)7-4-16-34-31(40)28-8-5-17-39(32(28)41)22-24-6-3-15-33-19-24/h3,5-6,8-15,17-20H,16,21-22H2,1-2H3,(H,34,40)(H,36,37). The fraction of sp³-hybridized carbons (Fsp3) is 0.156. The Morgan fingerprint density at radius 3 is 2.63 bits per heavy atom. The van der Waals surface area contributed by atoms with Gasteiger partial charge in [-0.3, -0.25) is 14.6 Å². The number of rotatable bonds is 8. The van der Waals surface area contributed by atoms with Crippen LogP contribution in [0, 0.1) is 11.8 Å². The predicted molar refractivity (Wildman–Crippen MR) is 160 cm³/mol. The lowest BCUT2D eigenvalue weighted by Gasteiger charge is -2.11. The van der Waals surface area contributed by atoms with Crippen LogP contribution in [0.1, 0.15) is 27.2 Å². The monoisotopic (exact) mass is 543 g/mol. The Kier molecular flexibility index (Phi) is 8.43. The van der Waals surface area contributed by atoms with Crippen molar-refractivity contribution in [1.29, 1.82) is 0 Å². The molecule has 1 amide bonds. The molecule has 9 nitrogen and oxygen atoms in total. The first-order valence-electron chi connectivity index (χ1n) is 13.1. The van der Waals surface area contributed by atoms with Gasteiger partial charge in [0.25, 0.3) is 11.5 Å². The maximum atomic E-state index is 12.8. The summed E-state index contributed by atoms with van der Waals surface area (Å²) in [5, 5.41) is 6.92. The van der Waals surface area contributed by atoms with Crippen LogP contribution in [-0.4, -0.2) is 51.0 Å². The van der Waals surface area contributed by atoms with Gasteiger partial charge in [0.2, 0.25) is 0 Å². The number of nitrogens with zero attached hydrogens (tertiary/aromatic N) is 5. The van der Waals surface area contributed by atoms with Gasteiger partial charge in [0.1, 0.15) is 17.1 Å². The molecule has 0 saturated heterocycles. The van der Waals surface area contributed by atoms with Crippen LogP contribution in [0.2, 0.25) is 0 Å². The van der Waals surface area contributed by atoms with Gasteiger partial charge in [-0.25, -0.2) is 9.97 Å². The number of anilines is 2. The summed E-state index contributed by atoms with van der Waals surface area (Å²) < 4.78 is 1.48. The van der Waals surface area contributed by atoms with E-state index in [1.807, 2.05) is 50.5 Å². The van der Waals surface area contributed by atoms with Crippen LogP contribution >= 0.6 is 0 Å². The first kappa shape index (κ1) is 27.2. The van der Waals surface area contributed by atoms with E-state index in [1.54, 1.807) is 36.9 Å². The Bertz CT molecular complexity index is 1790. The van der Waals surface area contributed by atoms with Crippen molar-refractivity contribution in [1.82, 2.24) is 29.7 Å². The van der Waals surface area contributed by atoms with Crippen LogP contribution < -0.4 is 16.2 Å². The van der Waals surface area contributed by atoms with E-state index in [9.17, 15) is 9.59 Å². The van der Waals surface area contributed by atoms with Crippen LogP contribution in [0.5, 0.6) is 0 Å². The van der Waals surface area contributed by atoms with Gasteiger partial charge >= 0.3 is 0 Å². The van der Waals surface area contributed by atoms with Crippen molar-refractivity contribution in [2.45, 2.75) is 13.1 Å². The number of fused-ring (bicyclic) bond motifs is 1. The SMILES string of the molecule is CN(C)Cc1ccc(Nc2ccc3cc(C#CCNC(=O)c4cccn(Cc5cccnc5)c4=O)ncc3n2)cc1. The highest BCUT2D eigenvalue weighted by Gasteiger charge is 2.11. The van der Waals surface area contributed by atoms with E-state index in [2.05, 4.69) is 54.5 Å². The Morgan fingerprint density at radius 2 is 1.85 bits per heavy atom. The van der Waals surface area contributed by atoms with Crippen molar-refractivity contribution in [3.8, 4) is 11.8 Å². The molecule has 1 aromatic carbocycles. The summed E-state index contributed by atoms with van der Waals surface area (Å²) in [5.74, 6) is 6.11. The quantitative estimate of drug-likeness (QED) is 0.287. The number of amides is 1. The highest BCUT2D eigenvalue weighted by Crippen LogP contribution is 2.19. The molecule has 0 radical (unpaired) electrons. The van der Waals surface area contributed by atoms with Crippen molar-refractivity contribution in [2.24, 2.45) is 0 Å². The molecule has 5 rings (SSSR count). The Labute approximate surface area is 237 Å². The summed E-state index contributed by atoms with van der Waals surface area (Å²) in [6.45, 7) is 1.29. The summed E-state index contributed by atoms with van der Waals surface area (Å²) >= 11 is 0. The van der Waals surface area contributed by atoms with Crippen molar-refractivity contribution >= 4 is 28.3 Å². The molecule has 0 aliphatic heterocycles. The van der Waals surface area contributed by atoms with Gasteiger partial charge < -0.3 is 20.1 Å². The molecule has 0 spiro atoms. The summed E-state index contributed by atoms with van der Waals surface area (Å²) in [7, 11) is 4.09. The average molecular weight is 544 g/mol. The van der Waals surface area contributed by atoms with E-state index in [1.165, 1.54) is 16.2 Å². The minimum atomic E-state index is -0.479. The molecule has 0 saturated carbocycles. The summed E-state index contributed by atoms with van der Waals surface area (Å²) in [6, 6.07) is 20.9. The molecule has 0 fully saturated rings. The Hall–Kier alpha value is -5.33. The molecular formula is C32H29N7O2. The highest BCUT2D eigenvalue weighted by molar-refractivity contribution is 5.93. The smallest absolute Gasteiger partial charge is 0.263 e. The van der Waals surface area contributed by atoms with Gasteiger partial charge in [-0.15, -0.1) is 0 Å². The maximum Gasteiger partial charge on any atom is 0.263 e. The molecule has 0 unspecified atom stereocenters. The topological polar surface area (TPSA) is 105 Å². The number of nitrogens with one attached hydrogen (secondary N) is 2. The van der Waals surface area contributed by atoms with Crippen LogP contribution in [0.3, 0.4) is 0 Å². The predicted octanol–water partition coefficient (Wildman–Crippen LogP) is 3.82. The molecule has 41 heavy (non-hydrogen) atoms. The van der Waals surface area contributed by atoms with Crippen molar-refractivity contribution < 1.29 is 4.79 Å². The number of hydrogen-bond donors (Lipinski definition) is 2. The minimum absolute atomic E-state index is 0.0574. The van der Waals surface area contributed by atoms with E-state index < -0.39 is 5.91 Å². The maximum absolute atomic E-state index is 12.8. The second kappa shape index (κ2) is 12.7. The molecule has 4 heterocycles. The van der Waals surface area contributed by atoms with Gasteiger partial charge in [-0.2, -0.15) is 0 Å². The summed E-state index contributed by atoms with van der Waals surface area (Å²) in [4.78, 5) is 40.7. The number of carbonyl (C=O) groups is 1. The number of carbonyl (C=O) groups excluding carboxylic acids is 1. The third kappa shape index (κ3) is 7.20. The molecule has 0 aliphatic rings. The van der Waals surface area contributed by atoms with Crippen molar-refractivity contribution in [2.75, 3.05) is 26.0 Å². The lowest BCUT2D eigenvalue weighted by atomic mass is 10.2. The Balaban J connectivity index is 1.19. The normalized spacial score (nSPS) is 10.7. The lowest BCUT2D eigenvalue weighted by molar-refractivity contribution is 0.0956. The molecule has 0 atom stereocenters. The first-order valence-corrected chi connectivity index (χ1v) is 13.1. The largest absolute Gasteiger partial charge is 0.341 e. The van der Waals surface area contributed by atoms with E-state index in [-0.39, 0.29) is 17.7 Å². The highest BCUT2D eigenvalue weighted by atomic mass is 16.2. The van der Waals surface area contributed by atoms with Crippen LogP contribution in [-0.2, 0) is 13.1 Å². The molecule has 5 aromatic rings. The second-order valence-electron chi connectivity index (χ2n) is 9.72. The van der Waals surface area contributed by atoms with Gasteiger partial charge in [0.05, 0.1) is 24.8 Å². The molecule has 204 valence electrons. The number of hydrogen-bond acceptors (Lipinski definition) is 7. The zero-order chi connectivity index (χ0) is 28.6. The third-order valence-corrected chi connectivity index (χ3v) is 6.20. The fourth-order valence-corrected chi connectivity index (χ4v) is 4.25. The zero-order valence-corrected chi connectivity index (χ0v) is 22.8. The molecule has 0 bridgehead atoms. The van der Waals surface area contributed by atoms with E-state index in [0.29, 0.717) is 12.2 Å². The van der Waals surface area contributed by atoms with Gasteiger partial charge in [0.15, 0.2) is 0 Å². The first-order chi connectivity index (χ1) is 19.9. The fourth-order valence-electron chi connectivity index (χ4n) is 4.25. The zero-order valence-electron chi connectivity index (χ0n) is 22.8. The second-order valence-corrected chi connectivity index (χ2v) is 9.72. The lowest BCUT2D eigenvalue weighted by Crippen LogP contribution is -2.33. The van der Waals surface area contributed by atoms with Crippen LogP contribution in [0.4, 0.5) is 11.5 Å². The minimum Gasteiger partial charge on any atom is -0.341 e. The van der Waals surface area contributed by atoms with Gasteiger partial charge in [-0.05, 0) is 79.7 Å². The molecular weight excluding hydrogens is 514 g/mol. The van der Waals surface area contributed by atoms with Crippen molar-refractivity contribution in [3.05, 3.63) is 124 Å². The number of aromatic nitrogens is 4. The average Bonchev–Trinajstić information content (AvgIpc) is 2.97. The van der Waals surface area contributed by atoms with E-state index in [0.717, 1.165) is 34.5 Å². The van der Waals surface area contributed by atoms with Gasteiger partial charge in [-0.1, -0.05) is 24.1 Å². The third-order valence-electron chi connectivity index (χ3n) is 6.20.